The molecule has 3 aliphatic carbocycles. The normalized spacial score (nSPS) is 17.0. The Morgan fingerprint density at radius 1 is 0.411 bits per heavy atom. The Kier molecular flexibility index (Phi) is 8.57. The van der Waals surface area contributed by atoms with E-state index in [1.54, 1.807) is 0 Å². The van der Waals surface area contributed by atoms with E-state index < -0.39 is 16.3 Å². The third-order valence-corrected chi connectivity index (χ3v) is 18.8. The van der Waals surface area contributed by atoms with E-state index in [-0.39, 0.29) is 16.2 Å². The second-order valence-electron chi connectivity index (χ2n) is 17.5. The van der Waals surface area contributed by atoms with Gasteiger partial charge in [0, 0.05) is 0 Å². The molecule has 0 saturated carbocycles. The third kappa shape index (κ3) is 5.47. The van der Waals surface area contributed by atoms with Crippen LogP contribution in [0.3, 0.4) is 0 Å². The van der Waals surface area contributed by atoms with Gasteiger partial charge in [0.25, 0.3) is 0 Å². The monoisotopic (exact) mass is 788 g/mol. The summed E-state index contributed by atoms with van der Waals surface area (Å²) in [5.74, 6) is 1.48. The van der Waals surface area contributed by atoms with Gasteiger partial charge in [0.15, 0.2) is 0 Å². The fourth-order valence-electron chi connectivity index (χ4n) is 9.93. The van der Waals surface area contributed by atoms with E-state index in [1.807, 2.05) is 12.1 Å². The van der Waals surface area contributed by atoms with Crippen LogP contribution in [-0.2, 0) is 27.1 Å². The molecule has 280 valence electrons. The minimum atomic E-state index is -4.54. The van der Waals surface area contributed by atoms with Crippen molar-refractivity contribution in [2.45, 2.75) is 73.1 Å². The second-order valence-corrected chi connectivity index (χ2v) is 22.6. The van der Waals surface area contributed by atoms with E-state index in [0.29, 0.717) is 0 Å². The van der Waals surface area contributed by atoms with Gasteiger partial charge in [-0.25, -0.2) is 0 Å². The molecule has 6 aromatic carbocycles. The van der Waals surface area contributed by atoms with Gasteiger partial charge in [-0.15, -0.1) is 0 Å². The molecule has 0 atom stereocenters. The molecule has 0 fully saturated rings. The first-order chi connectivity index (χ1) is 26.6. The number of hydrogen-bond donors (Lipinski definition) is 0. The predicted octanol–water partition coefficient (Wildman–Crippen LogP) is 14.9. The van der Waals surface area contributed by atoms with Crippen molar-refractivity contribution in [3.63, 3.8) is 0 Å². The molecule has 2 nitrogen and oxygen atoms in total. The van der Waals surface area contributed by atoms with Crippen LogP contribution < -0.4 is 6.64 Å². The van der Waals surface area contributed by atoms with Crippen molar-refractivity contribution >= 4 is 9.30 Å². The number of rotatable bonds is 7. The van der Waals surface area contributed by atoms with Crippen molar-refractivity contribution in [1.29, 1.82) is 0 Å². The van der Waals surface area contributed by atoms with Crippen LogP contribution in [0.25, 0.3) is 44.5 Å². The molecule has 0 amide bonds. The van der Waals surface area contributed by atoms with Crippen molar-refractivity contribution in [2.24, 2.45) is 5.41 Å². The second kappa shape index (κ2) is 13.0. The van der Waals surface area contributed by atoms with Crippen LogP contribution in [0.5, 0.6) is 11.5 Å². The Balaban J connectivity index is 1.16. The van der Waals surface area contributed by atoms with E-state index in [4.69, 9.17) is 15.9 Å². The summed E-state index contributed by atoms with van der Waals surface area (Å²) in [4.78, 5) is 0. The first-order valence-corrected chi connectivity index (χ1v) is 24.0. The molecule has 3 aliphatic rings. The molecule has 0 radical (unpaired) electrons. The van der Waals surface area contributed by atoms with Crippen LogP contribution >= 0.6 is 9.30 Å². The maximum absolute atomic E-state index is 8.20. The maximum atomic E-state index is 8.20. The Morgan fingerprint density at radius 2 is 0.786 bits per heavy atom. The minimum absolute atomic E-state index is 0.120. The summed E-state index contributed by atoms with van der Waals surface area (Å²) in [6, 6.07) is 47.9. The first kappa shape index (κ1) is 37.0. The molecule has 9 rings (SSSR count). The summed E-state index contributed by atoms with van der Waals surface area (Å²) in [7, 11) is 8.20. The van der Waals surface area contributed by atoms with Gasteiger partial charge in [-0.3, -0.25) is 0 Å². The van der Waals surface area contributed by atoms with E-state index in [1.165, 1.54) is 61.2 Å². The average molecular weight is 789 g/mol. The summed E-state index contributed by atoms with van der Waals surface area (Å²) < 4.78 is 15.9. The molecule has 0 saturated heterocycles. The van der Waals surface area contributed by atoms with E-state index in [0.717, 1.165) is 37.6 Å². The van der Waals surface area contributed by atoms with Crippen molar-refractivity contribution in [2.75, 3.05) is 0 Å². The SMILES string of the molecule is CC1=C(C)C(C)(C)[C]([Ti]([Cl])([O]c2ccccc2-c2ccc3c(c2)C(C)(C)c2ccccc2-3)[O]c2ccccc2-c2ccc3c(c2)C(C)(C)c2ccccc2-3)=C1C. The molecule has 56 heavy (non-hydrogen) atoms. The van der Waals surface area contributed by atoms with E-state index in [9.17, 15) is 0 Å². The number of allylic oxidation sites excluding steroid dienone is 4. The molecule has 0 spiro atoms. The Labute approximate surface area is 341 Å². The Hall–Kier alpha value is -4.60. The number of para-hydroxylation sites is 2. The summed E-state index contributed by atoms with van der Waals surface area (Å²) in [6.07, 6.45) is 0. The first-order valence-electron chi connectivity index (χ1n) is 19.8. The predicted molar refractivity (Wildman–Crippen MR) is 231 cm³/mol. The molecule has 4 heteroatoms. The van der Waals surface area contributed by atoms with Gasteiger partial charge < -0.3 is 0 Å². The van der Waals surface area contributed by atoms with Crippen LogP contribution in [0, 0.1) is 5.41 Å². The van der Waals surface area contributed by atoms with Crippen molar-refractivity contribution in [1.82, 2.24) is 0 Å². The quantitative estimate of drug-likeness (QED) is 0.150. The summed E-state index contributed by atoms with van der Waals surface area (Å²) in [6.45, 7) is 20.5. The zero-order valence-corrected chi connectivity index (χ0v) is 36.2. The van der Waals surface area contributed by atoms with Gasteiger partial charge in [0.05, 0.1) is 0 Å². The van der Waals surface area contributed by atoms with Crippen LogP contribution in [-0.4, -0.2) is 0 Å². The van der Waals surface area contributed by atoms with Crippen molar-refractivity contribution in [3.05, 3.63) is 176 Å². The standard InChI is InChI=1S/2C21H18O.C10H15.ClH.Ti/c2*1-21(2)18-9-5-3-8-16(18)17-12-11-14(13-19(17)21)15-7-4-6-10-20(15)22;1-7-6-10(4,5)9(3)8(7)2;;/h2*3-13,22H,1-2H3;1-5H3;1H;/q;;;;+3/p-3. The van der Waals surface area contributed by atoms with Crippen LogP contribution in [0.15, 0.2) is 154 Å². The van der Waals surface area contributed by atoms with Crippen molar-refractivity contribution < 1.29 is 22.9 Å². The number of benzene rings is 6. The van der Waals surface area contributed by atoms with E-state index in [2.05, 4.69) is 184 Å². The van der Waals surface area contributed by atoms with E-state index >= 15 is 0 Å². The third-order valence-electron chi connectivity index (χ3n) is 13.4. The summed E-state index contributed by atoms with van der Waals surface area (Å²) in [5.41, 5.74) is 17.9. The molecule has 6 aromatic rings. The Morgan fingerprint density at radius 3 is 1.20 bits per heavy atom. The molecular weight excluding hydrogens is 740 g/mol. The zero-order chi connectivity index (χ0) is 39.4. The molecule has 0 bridgehead atoms. The summed E-state index contributed by atoms with van der Waals surface area (Å²) >= 11 is -4.54. The molecule has 0 heterocycles. The zero-order valence-electron chi connectivity index (χ0n) is 33.9. The molecule has 0 N–H and O–H groups in total. The fraction of sp³-hybridized carbons (Fsp3) is 0.231. The average Bonchev–Trinajstić information content (AvgIpc) is 3.63. The number of hydrogen-bond acceptors (Lipinski definition) is 2. The van der Waals surface area contributed by atoms with Crippen molar-refractivity contribution in [3.8, 4) is 56.0 Å². The number of fused-ring (bicyclic) bond motifs is 6. The van der Waals surface area contributed by atoms with Crippen LogP contribution in [0.4, 0.5) is 0 Å². The number of halogens is 1. The molecule has 0 aliphatic heterocycles. The van der Waals surface area contributed by atoms with Gasteiger partial charge in [-0.1, -0.05) is 0 Å². The topological polar surface area (TPSA) is 18.5 Å². The molecular formula is C52H49ClO2Ti. The van der Waals surface area contributed by atoms with Gasteiger partial charge in [-0.2, -0.15) is 0 Å². The fourth-order valence-corrected chi connectivity index (χ4v) is 16.4. The molecule has 0 unspecified atom stereocenters. The van der Waals surface area contributed by atoms with Gasteiger partial charge in [0.1, 0.15) is 0 Å². The van der Waals surface area contributed by atoms with Crippen LogP contribution in [0.1, 0.15) is 84.6 Å². The van der Waals surface area contributed by atoms with Gasteiger partial charge in [0.2, 0.25) is 0 Å². The molecule has 0 aromatic heterocycles. The Bertz CT molecular complexity index is 2520. The van der Waals surface area contributed by atoms with Crippen LogP contribution in [0.2, 0.25) is 0 Å². The van der Waals surface area contributed by atoms with Gasteiger partial charge in [-0.05, 0) is 0 Å². The summed E-state index contributed by atoms with van der Waals surface area (Å²) in [5, 5.41) is 0. The van der Waals surface area contributed by atoms with Gasteiger partial charge >= 0.3 is 343 Å².